The second-order valence-corrected chi connectivity index (χ2v) is 8.07. The fourth-order valence-corrected chi connectivity index (χ4v) is 4.03. The minimum absolute atomic E-state index is 0.122. The van der Waals surface area contributed by atoms with E-state index in [0.29, 0.717) is 0 Å². The van der Waals surface area contributed by atoms with Gasteiger partial charge in [0.05, 0.1) is 10.8 Å². The summed E-state index contributed by atoms with van der Waals surface area (Å²) in [5.41, 5.74) is -1.89. The van der Waals surface area contributed by atoms with Crippen molar-refractivity contribution in [2.24, 2.45) is 0 Å². The summed E-state index contributed by atoms with van der Waals surface area (Å²) < 4.78 is 10.5. The molecule has 0 saturated heterocycles. The van der Waals surface area contributed by atoms with Crippen LogP contribution in [0, 0.1) is 13.8 Å². The molecular formula is C26H16O8. The number of aromatic hydroxyl groups is 2. The molecule has 1 aliphatic rings. The van der Waals surface area contributed by atoms with Crippen molar-refractivity contribution >= 4 is 44.7 Å². The molecule has 2 heterocycles. The van der Waals surface area contributed by atoms with Gasteiger partial charge in [0.2, 0.25) is 0 Å². The maximum absolute atomic E-state index is 13.0. The van der Waals surface area contributed by atoms with Gasteiger partial charge >= 0.3 is 11.3 Å². The van der Waals surface area contributed by atoms with E-state index in [1.54, 1.807) is 38.1 Å². The number of fused-ring (bicyclic) bond motifs is 2. The normalized spacial score (nSPS) is 13.9. The molecule has 0 fully saturated rings. The molecule has 0 spiro atoms. The van der Waals surface area contributed by atoms with Crippen LogP contribution in [0.4, 0.5) is 0 Å². The molecule has 168 valence electrons. The molecule has 34 heavy (non-hydrogen) atoms. The van der Waals surface area contributed by atoms with Gasteiger partial charge in [0.15, 0.2) is 11.6 Å². The van der Waals surface area contributed by atoms with E-state index in [2.05, 4.69) is 0 Å². The second-order valence-electron chi connectivity index (χ2n) is 8.07. The first-order valence-electron chi connectivity index (χ1n) is 10.2. The summed E-state index contributed by atoms with van der Waals surface area (Å²) in [6, 6.07) is 9.56. The molecule has 0 bridgehead atoms. The number of hydrogen-bond donors (Lipinski definition) is 2. The smallest absolute Gasteiger partial charge is 0.348 e. The Morgan fingerprint density at radius 1 is 0.618 bits per heavy atom. The molecular weight excluding hydrogens is 440 g/mol. The zero-order valence-electron chi connectivity index (χ0n) is 18.0. The Balaban J connectivity index is 1.67. The number of benzene rings is 2. The van der Waals surface area contributed by atoms with Gasteiger partial charge in [0.1, 0.15) is 33.8 Å². The Morgan fingerprint density at radius 3 is 1.38 bits per heavy atom. The summed E-state index contributed by atoms with van der Waals surface area (Å²) in [4.78, 5) is 51.1. The predicted octanol–water partition coefficient (Wildman–Crippen LogP) is 3.55. The number of ketones is 2. The van der Waals surface area contributed by atoms with Crippen LogP contribution < -0.4 is 11.3 Å². The van der Waals surface area contributed by atoms with Crippen LogP contribution in [-0.2, 0) is 9.59 Å². The van der Waals surface area contributed by atoms with Gasteiger partial charge < -0.3 is 19.0 Å². The van der Waals surface area contributed by atoms with Crippen LogP contribution in [-0.4, -0.2) is 21.8 Å². The van der Waals surface area contributed by atoms with Crippen molar-refractivity contribution in [3.63, 3.8) is 0 Å². The van der Waals surface area contributed by atoms with E-state index in [1.165, 1.54) is 12.1 Å². The Bertz CT molecular complexity index is 1630. The summed E-state index contributed by atoms with van der Waals surface area (Å²) in [7, 11) is 0. The predicted molar refractivity (Wildman–Crippen MR) is 124 cm³/mol. The summed E-state index contributed by atoms with van der Waals surface area (Å²) in [6.45, 7) is 3.55. The molecule has 0 amide bonds. The molecule has 0 atom stereocenters. The van der Waals surface area contributed by atoms with Crippen LogP contribution in [0.1, 0.15) is 22.3 Å². The maximum atomic E-state index is 13.0. The maximum Gasteiger partial charge on any atom is 0.348 e. The van der Waals surface area contributed by atoms with Gasteiger partial charge in [-0.2, -0.15) is 0 Å². The Morgan fingerprint density at radius 2 is 1.00 bits per heavy atom. The fraction of sp³-hybridized carbons (Fsp3) is 0.0769. The van der Waals surface area contributed by atoms with Crippen LogP contribution >= 0.6 is 0 Å². The van der Waals surface area contributed by atoms with E-state index in [0.717, 1.165) is 23.3 Å². The van der Waals surface area contributed by atoms with Gasteiger partial charge in [0, 0.05) is 11.1 Å². The van der Waals surface area contributed by atoms with E-state index in [4.69, 9.17) is 8.83 Å². The third-order valence-corrected chi connectivity index (χ3v) is 5.69. The molecule has 2 aromatic heterocycles. The number of aryl methyl sites for hydroxylation is 2. The lowest BCUT2D eigenvalue weighted by Gasteiger charge is -2.14. The molecule has 8 heteroatoms. The number of carbonyl (C=O) groups is 2. The minimum atomic E-state index is -0.998. The van der Waals surface area contributed by atoms with Crippen molar-refractivity contribution in [3.05, 3.63) is 91.6 Å². The van der Waals surface area contributed by atoms with Gasteiger partial charge in [0.25, 0.3) is 0 Å². The van der Waals surface area contributed by atoms with Crippen molar-refractivity contribution in [1.29, 1.82) is 0 Å². The standard InChI is InChI=1S/C26H16O8/c1-11-3-5-19-15(7-11)23(29)21(25(31)33-19)13-9-18(28)14(10-17(13)27)22-24(30)16-8-12(2)4-6-20(16)34-26(22)32/h3-10,29-30H,1-2H3. The first-order valence-corrected chi connectivity index (χ1v) is 10.2. The lowest BCUT2D eigenvalue weighted by molar-refractivity contribution is -0.112. The molecule has 2 aromatic carbocycles. The van der Waals surface area contributed by atoms with Crippen molar-refractivity contribution in [2.75, 3.05) is 0 Å². The Kier molecular flexibility index (Phi) is 4.61. The first-order chi connectivity index (χ1) is 16.2. The van der Waals surface area contributed by atoms with Crippen molar-refractivity contribution in [3.8, 4) is 11.5 Å². The van der Waals surface area contributed by atoms with E-state index in [9.17, 15) is 29.4 Å². The van der Waals surface area contributed by atoms with E-state index in [-0.39, 0.29) is 33.1 Å². The third-order valence-electron chi connectivity index (χ3n) is 5.69. The quantitative estimate of drug-likeness (QED) is 0.345. The molecule has 5 rings (SSSR count). The van der Waals surface area contributed by atoms with Gasteiger partial charge in [-0.1, -0.05) is 23.3 Å². The molecule has 4 aromatic rings. The van der Waals surface area contributed by atoms with Gasteiger partial charge in [-0.3, -0.25) is 9.59 Å². The van der Waals surface area contributed by atoms with Crippen molar-refractivity contribution in [2.45, 2.75) is 13.8 Å². The molecule has 0 aliphatic heterocycles. The fourth-order valence-electron chi connectivity index (χ4n) is 4.03. The first kappa shape index (κ1) is 21.1. The zero-order chi connectivity index (χ0) is 24.3. The SMILES string of the molecule is Cc1ccc2oc(=O)c(C3=CC(=O)C(c4c(O)c5cc(C)ccc5oc4=O)=CC3=O)c(O)c2c1. The van der Waals surface area contributed by atoms with Crippen LogP contribution in [0.5, 0.6) is 11.5 Å². The van der Waals surface area contributed by atoms with Crippen LogP contribution in [0.2, 0.25) is 0 Å². The summed E-state index contributed by atoms with van der Waals surface area (Å²) >= 11 is 0. The topological polar surface area (TPSA) is 135 Å². The van der Waals surface area contributed by atoms with Crippen LogP contribution in [0.15, 0.2) is 67.0 Å². The van der Waals surface area contributed by atoms with Gasteiger partial charge in [-0.25, -0.2) is 9.59 Å². The van der Waals surface area contributed by atoms with E-state index in [1.807, 2.05) is 0 Å². The summed E-state index contributed by atoms with van der Waals surface area (Å²) in [6.07, 6.45) is 1.68. The van der Waals surface area contributed by atoms with Crippen LogP contribution in [0.3, 0.4) is 0 Å². The average Bonchev–Trinajstić information content (AvgIpc) is 2.78. The van der Waals surface area contributed by atoms with Gasteiger partial charge in [-0.15, -0.1) is 0 Å². The highest BCUT2D eigenvalue weighted by Crippen LogP contribution is 2.37. The van der Waals surface area contributed by atoms with Crippen molar-refractivity contribution in [1.82, 2.24) is 0 Å². The summed E-state index contributed by atoms with van der Waals surface area (Å²) in [5, 5.41) is 21.9. The monoisotopic (exact) mass is 456 g/mol. The van der Waals surface area contributed by atoms with Crippen molar-refractivity contribution < 1.29 is 28.6 Å². The number of hydrogen-bond acceptors (Lipinski definition) is 8. The highest BCUT2D eigenvalue weighted by molar-refractivity contribution is 6.44. The number of allylic oxidation sites excluding steroid dienone is 4. The number of carbonyl (C=O) groups excluding carboxylic acids is 2. The molecule has 0 radical (unpaired) electrons. The molecule has 0 unspecified atom stereocenters. The molecule has 1 aliphatic carbocycles. The zero-order valence-corrected chi connectivity index (χ0v) is 18.0. The molecule has 2 N–H and O–H groups in total. The number of rotatable bonds is 2. The Labute approximate surface area is 190 Å². The molecule has 0 saturated carbocycles. The highest BCUT2D eigenvalue weighted by atomic mass is 16.4. The summed E-state index contributed by atoms with van der Waals surface area (Å²) in [5.74, 6) is -2.65. The lowest BCUT2D eigenvalue weighted by Crippen LogP contribution is -2.20. The Hall–Kier alpha value is -4.72. The third kappa shape index (κ3) is 3.15. The molecule has 8 nitrogen and oxygen atoms in total. The lowest BCUT2D eigenvalue weighted by atomic mass is 9.88. The van der Waals surface area contributed by atoms with E-state index >= 15 is 0 Å². The van der Waals surface area contributed by atoms with Crippen LogP contribution in [0.25, 0.3) is 33.1 Å². The van der Waals surface area contributed by atoms with Gasteiger partial charge in [-0.05, 0) is 50.3 Å². The van der Waals surface area contributed by atoms with E-state index < -0.39 is 45.4 Å². The average molecular weight is 456 g/mol. The highest BCUT2D eigenvalue weighted by Gasteiger charge is 2.31. The largest absolute Gasteiger partial charge is 0.506 e. The minimum Gasteiger partial charge on any atom is -0.506 e. The second kappa shape index (κ2) is 7.41.